The van der Waals surface area contributed by atoms with E-state index in [0.29, 0.717) is 12.5 Å². The first-order valence-corrected chi connectivity index (χ1v) is 7.41. The highest BCUT2D eigenvalue weighted by atomic mass is 79.9. The van der Waals surface area contributed by atoms with E-state index in [4.69, 9.17) is 5.11 Å². The normalized spacial score (nSPS) is 17.2. The Bertz CT molecular complexity index is 392. The molecule has 2 heterocycles. The van der Waals surface area contributed by atoms with Gasteiger partial charge in [-0.25, -0.2) is 9.97 Å². The summed E-state index contributed by atoms with van der Waals surface area (Å²) in [6, 6.07) is 1.98. The van der Waals surface area contributed by atoms with Crippen molar-refractivity contribution in [1.29, 1.82) is 0 Å². The number of aliphatic hydroxyl groups is 1. The smallest absolute Gasteiger partial charge is 0.133 e. The molecule has 0 aliphatic carbocycles. The molecule has 1 aliphatic heterocycles. The maximum Gasteiger partial charge on any atom is 0.133 e. The largest absolute Gasteiger partial charge is 0.396 e. The lowest BCUT2D eigenvalue weighted by atomic mass is 9.98. The Labute approximate surface area is 117 Å². The van der Waals surface area contributed by atoms with Crippen LogP contribution in [0.2, 0.25) is 0 Å². The van der Waals surface area contributed by atoms with Crippen LogP contribution in [0.4, 0.5) is 5.82 Å². The van der Waals surface area contributed by atoms with E-state index in [-0.39, 0.29) is 0 Å². The fourth-order valence-corrected chi connectivity index (χ4v) is 2.70. The van der Waals surface area contributed by atoms with Crippen molar-refractivity contribution in [2.75, 3.05) is 24.6 Å². The monoisotopic (exact) mass is 313 g/mol. The Hall–Kier alpha value is -0.680. The summed E-state index contributed by atoms with van der Waals surface area (Å²) < 4.78 is 0.861. The lowest BCUT2D eigenvalue weighted by Gasteiger charge is -2.32. The topological polar surface area (TPSA) is 49.2 Å². The van der Waals surface area contributed by atoms with E-state index in [2.05, 4.69) is 37.7 Å². The quantitative estimate of drug-likeness (QED) is 0.867. The third kappa shape index (κ3) is 3.42. The first-order valence-electron chi connectivity index (χ1n) is 6.62. The first kappa shape index (κ1) is 13.7. The number of aryl methyl sites for hydroxylation is 1. The van der Waals surface area contributed by atoms with Crippen LogP contribution in [0.25, 0.3) is 0 Å². The van der Waals surface area contributed by atoms with Crippen LogP contribution >= 0.6 is 15.9 Å². The molecule has 0 unspecified atom stereocenters. The number of nitrogens with zero attached hydrogens (tertiary/aromatic N) is 3. The molecular formula is C13H20BrN3O. The molecule has 0 aromatic carbocycles. The molecule has 0 bridgehead atoms. The van der Waals surface area contributed by atoms with Crippen LogP contribution in [0, 0.1) is 5.92 Å². The number of rotatable bonds is 4. The van der Waals surface area contributed by atoms with Crippen molar-refractivity contribution in [3.63, 3.8) is 0 Å². The lowest BCUT2D eigenvalue weighted by Crippen LogP contribution is -2.35. The first-order chi connectivity index (χ1) is 8.72. The van der Waals surface area contributed by atoms with Crippen molar-refractivity contribution in [2.45, 2.75) is 32.6 Å². The van der Waals surface area contributed by atoms with Gasteiger partial charge >= 0.3 is 0 Å². The van der Waals surface area contributed by atoms with Crippen molar-refractivity contribution >= 4 is 21.7 Å². The van der Waals surface area contributed by atoms with Crippen molar-refractivity contribution in [3.05, 3.63) is 16.5 Å². The minimum atomic E-state index is 0.308. The number of piperidine rings is 1. The second-order valence-electron chi connectivity index (χ2n) is 4.83. The molecule has 1 fully saturated rings. The predicted molar refractivity (Wildman–Crippen MR) is 75.7 cm³/mol. The Morgan fingerprint density at radius 3 is 2.72 bits per heavy atom. The van der Waals surface area contributed by atoms with Gasteiger partial charge in [0.15, 0.2) is 0 Å². The van der Waals surface area contributed by atoms with Gasteiger partial charge in [-0.05, 0) is 41.1 Å². The molecule has 100 valence electrons. The SMILES string of the molecule is CCCc1nc(Br)cc(N2CCC(CO)CC2)n1. The average Bonchev–Trinajstić information content (AvgIpc) is 2.38. The van der Waals surface area contributed by atoms with Crippen LogP contribution in [-0.4, -0.2) is 34.8 Å². The summed E-state index contributed by atoms with van der Waals surface area (Å²) in [5.74, 6) is 2.38. The highest BCUT2D eigenvalue weighted by Crippen LogP contribution is 2.23. The number of halogens is 1. The van der Waals surface area contributed by atoms with Gasteiger partial charge in [-0.2, -0.15) is 0 Å². The zero-order valence-electron chi connectivity index (χ0n) is 10.8. The number of aliphatic hydroxyl groups excluding tert-OH is 1. The summed E-state index contributed by atoms with van der Waals surface area (Å²) in [5.41, 5.74) is 0. The van der Waals surface area contributed by atoms with Crippen LogP contribution in [-0.2, 0) is 6.42 Å². The summed E-state index contributed by atoms with van der Waals surface area (Å²) >= 11 is 3.46. The van der Waals surface area contributed by atoms with E-state index in [9.17, 15) is 0 Å². The molecule has 4 nitrogen and oxygen atoms in total. The predicted octanol–water partition coefficient (Wildman–Crippen LogP) is 2.40. The van der Waals surface area contributed by atoms with Gasteiger partial charge in [-0.1, -0.05) is 6.92 Å². The van der Waals surface area contributed by atoms with Crippen molar-refractivity contribution < 1.29 is 5.11 Å². The summed E-state index contributed by atoms with van der Waals surface area (Å²) in [5, 5.41) is 9.15. The number of hydrogen-bond acceptors (Lipinski definition) is 4. The van der Waals surface area contributed by atoms with Gasteiger partial charge in [-0.15, -0.1) is 0 Å². The van der Waals surface area contributed by atoms with Crippen molar-refractivity contribution in [1.82, 2.24) is 9.97 Å². The Balaban J connectivity index is 2.08. The van der Waals surface area contributed by atoms with Gasteiger partial charge in [0, 0.05) is 32.2 Å². The van der Waals surface area contributed by atoms with Crippen molar-refractivity contribution in [2.24, 2.45) is 5.92 Å². The van der Waals surface area contributed by atoms with Crippen molar-refractivity contribution in [3.8, 4) is 0 Å². The highest BCUT2D eigenvalue weighted by molar-refractivity contribution is 9.10. The molecule has 0 atom stereocenters. The zero-order chi connectivity index (χ0) is 13.0. The van der Waals surface area contributed by atoms with E-state index >= 15 is 0 Å². The number of aromatic nitrogens is 2. The third-order valence-corrected chi connectivity index (χ3v) is 3.80. The standard InChI is InChI=1S/C13H20BrN3O/c1-2-3-12-15-11(14)8-13(16-12)17-6-4-10(9-18)5-7-17/h8,10,18H,2-7,9H2,1H3. The summed E-state index contributed by atoms with van der Waals surface area (Å²) in [6.45, 7) is 4.39. The van der Waals surface area contributed by atoms with E-state index < -0.39 is 0 Å². The van der Waals surface area contributed by atoms with Crippen LogP contribution in [0.15, 0.2) is 10.7 Å². The van der Waals surface area contributed by atoms with Crippen LogP contribution < -0.4 is 4.90 Å². The maximum absolute atomic E-state index is 9.15. The molecule has 2 rings (SSSR count). The van der Waals surface area contributed by atoms with E-state index in [1.807, 2.05) is 6.07 Å². The van der Waals surface area contributed by atoms with E-state index in [1.54, 1.807) is 0 Å². The number of hydrogen-bond donors (Lipinski definition) is 1. The Morgan fingerprint density at radius 1 is 1.39 bits per heavy atom. The highest BCUT2D eigenvalue weighted by Gasteiger charge is 2.20. The van der Waals surface area contributed by atoms with E-state index in [1.165, 1.54) is 0 Å². The molecule has 0 spiro atoms. The molecule has 1 aliphatic rings. The second kappa shape index (κ2) is 6.48. The minimum Gasteiger partial charge on any atom is -0.396 e. The molecule has 1 N–H and O–H groups in total. The van der Waals surface area contributed by atoms with Gasteiger partial charge < -0.3 is 10.0 Å². The molecule has 0 saturated carbocycles. The van der Waals surface area contributed by atoms with Crippen LogP contribution in [0.3, 0.4) is 0 Å². The summed E-state index contributed by atoms with van der Waals surface area (Å²) in [4.78, 5) is 11.3. The molecule has 18 heavy (non-hydrogen) atoms. The Kier molecular flexibility index (Phi) is 4.95. The van der Waals surface area contributed by atoms with Gasteiger partial charge in [0.1, 0.15) is 16.2 Å². The second-order valence-corrected chi connectivity index (χ2v) is 5.64. The molecule has 0 radical (unpaired) electrons. The molecule has 1 aromatic rings. The summed E-state index contributed by atoms with van der Waals surface area (Å²) in [6.07, 6.45) is 4.06. The lowest BCUT2D eigenvalue weighted by molar-refractivity contribution is 0.202. The molecular weight excluding hydrogens is 294 g/mol. The molecule has 0 amide bonds. The van der Waals surface area contributed by atoms with Gasteiger partial charge in [0.05, 0.1) is 0 Å². The van der Waals surface area contributed by atoms with Gasteiger partial charge in [-0.3, -0.25) is 0 Å². The molecule has 5 heteroatoms. The van der Waals surface area contributed by atoms with Crippen LogP contribution in [0.5, 0.6) is 0 Å². The van der Waals surface area contributed by atoms with Gasteiger partial charge in [0.2, 0.25) is 0 Å². The Morgan fingerprint density at radius 2 is 2.11 bits per heavy atom. The average molecular weight is 314 g/mol. The fraction of sp³-hybridized carbons (Fsp3) is 0.692. The van der Waals surface area contributed by atoms with Crippen LogP contribution in [0.1, 0.15) is 32.0 Å². The zero-order valence-corrected chi connectivity index (χ0v) is 12.4. The van der Waals surface area contributed by atoms with Gasteiger partial charge in [0.25, 0.3) is 0 Å². The summed E-state index contributed by atoms with van der Waals surface area (Å²) in [7, 11) is 0. The molecule has 1 saturated heterocycles. The number of anilines is 1. The molecule has 1 aromatic heterocycles. The fourth-order valence-electron chi connectivity index (χ4n) is 2.29. The van der Waals surface area contributed by atoms with E-state index in [0.717, 1.165) is 55.0 Å². The third-order valence-electron chi connectivity index (χ3n) is 3.40. The minimum absolute atomic E-state index is 0.308. The maximum atomic E-state index is 9.15.